The largest absolute Gasteiger partial charge is 0.389 e. The van der Waals surface area contributed by atoms with E-state index < -0.39 is 6.10 Å². The van der Waals surface area contributed by atoms with Gasteiger partial charge in [-0.3, -0.25) is 0 Å². The van der Waals surface area contributed by atoms with E-state index in [1.165, 1.54) is 13.0 Å². The summed E-state index contributed by atoms with van der Waals surface area (Å²) in [7, 11) is 4.26. The van der Waals surface area contributed by atoms with Crippen molar-refractivity contribution in [3.63, 3.8) is 0 Å². The van der Waals surface area contributed by atoms with Crippen molar-refractivity contribution in [1.29, 1.82) is 0 Å². The van der Waals surface area contributed by atoms with Gasteiger partial charge >= 0.3 is 0 Å². The third-order valence-corrected chi connectivity index (χ3v) is 4.19. The summed E-state index contributed by atoms with van der Waals surface area (Å²) in [5.41, 5.74) is 1.91. The molecule has 0 bridgehead atoms. The van der Waals surface area contributed by atoms with Crippen LogP contribution in [0.15, 0.2) is 18.2 Å². The van der Waals surface area contributed by atoms with Crippen LogP contribution in [0.2, 0.25) is 5.02 Å². The summed E-state index contributed by atoms with van der Waals surface area (Å²) >= 11 is 6.32. The van der Waals surface area contributed by atoms with Crippen LogP contribution in [-0.2, 0) is 0 Å². The molecule has 0 aromatic heterocycles. The molecule has 1 aliphatic rings. The fourth-order valence-electron chi connectivity index (χ4n) is 2.75. The summed E-state index contributed by atoms with van der Waals surface area (Å²) in [6.07, 6.45) is 0.782. The molecule has 1 unspecified atom stereocenters. The fraction of sp³-hybridized carbons (Fsp3) is 0.600. The highest BCUT2D eigenvalue weighted by Crippen LogP contribution is 2.29. The van der Waals surface area contributed by atoms with Crippen molar-refractivity contribution >= 4 is 17.3 Å². The van der Waals surface area contributed by atoms with Gasteiger partial charge in [-0.1, -0.05) is 17.7 Å². The SMILES string of the molecule is C[C@H](O)c1ccc(N(C)CC2CCN(C)C2)c(Cl)c1. The number of rotatable bonds is 4. The van der Waals surface area contributed by atoms with E-state index >= 15 is 0 Å². The average Bonchev–Trinajstić information content (AvgIpc) is 2.74. The molecule has 1 saturated heterocycles. The lowest BCUT2D eigenvalue weighted by atomic mass is 10.1. The van der Waals surface area contributed by atoms with E-state index in [0.29, 0.717) is 10.9 Å². The maximum atomic E-state index is 9.56. The molecule has 1 aromatic carbocycles. The van der Waals surface area contributed by atoms with Gasteiger partial charge in [0.25, 0.3) is 0 Å². The molecule has 4 heteroatoms. The number of hydrogen-bond acceptors (Lipinski definition) is 3. The van der Waals surface area contributed by atoms with Crippen LogP contribution < -0.4 is 4.90 Å². The van der Waals surface area contributed by atoms with Crippen molar-refractivity contribution < 1.29 is 5.11 Å². The van der Waals surface area contributed by atoms with Crippen molar-refractivity contribution in [2.45, 2.75) is 19.4 Å². The highest BCUT2D eigenvalue weighted by Gasteiger charge is 2.21. The van der Waals surface area contributed by atoms with Gasteiger partial charge in [0.05, 0.1) is 16.8 Å². The van der Waals surface area contributed by atoms with E-state index in [4.69, 9.17) is 11.6 Å². The van der Waals surface area contributed by atoms with Crippen LogP contribution in [0.5, 0.6) is 0 Å². The Bertz CT molecular complexity index is 436. The molecule has 1 aromatic rings. The first-order valence-electron chi connectivity index (χ1n) is 6.84. The Kier molecular flexibility index (Phi) is 4.71. The Morgan fingerprint density at radius 3 is 2.79 bits per heavy atom. The molecule has 2 atom stereocenters. The smallest absolute Gasteiger partial charge is 0.0762 e. The zero-order valence-electron chi connectivity index (χ0n) is 11.9. The van der Waals surface area contributed by atoms with Gasteiger partial charge in [-0.25, -0.2) is 0 Å². The quantitative estimate of drug-likeness (QED) is 0.920. The third kappa shape index (κ3) is 3.62. The topological polar surface area (TPSA) is 26.7 Å². The lowest BCUT2D eigenvalue weighted by Crippen LogP contribution is -2.27. The van der Waals surface area contributed by atoms with Crippen molar-refractivity contribution in [3.05, 3.63) is 28.8 Å². The van der Waals surface area contributed by atoms with Crippen LogP contribution >= 0.6 is 11.6 Å². The lowest BCUT2D eigenvalue weighted by molar-refractivity contribution is 0.199. The monoisotopic (exact) mass is 282 g/mol. The Hall–Kier alpha value is -0.770. The zero-order chi connectivity index (χ0) is 14.0. The standard InChI is InChI=1S/C15H23ClN2O/c1-11(19)13-4-5-15(14(16)8-13)18(3)10-12-6-7-17(2)9-12/h4-5,8,11-12,19H,6-7,9-10H2,1-3H3/t11-,12?/m0/s1. The number of likely N-dealkylation sites (tertiary alicyclic amines) is 1. The van der Waals surface area contributed by atoms with Crippen LogP contribution in [0.4, 0.5) is 5.69 Å². The first-order chi connectivity index (χ1) is 8.97. The van der Waals surface area contributed by atoms with Crippen molar-refractivity contribution in [2.75, 3.05) is 38.6 Å². The molecule has 19 heavy (non-hydrogen) atoms. The number of nitrogens with zero attached hydrogens (tertiary/aromatic N) is 2. The van der Waals surface area contributed by atoms with Gasteiger partial charge in [-0.05, 0) is 50.6 Å². The summed E-state index contributed by atoms with van der Waals surface area (Å²) in [5.74, 6) is 0.711. The van der Waals surface area contributed by atoms with E-state index in [1.54, 1.807) is 6.92 Å². The van der Waals surface area contributed by atoms with Crippen molar-refractivity contribution in [2.24, 2.45) is 5.92 Å². The predicted molar refractivity (Wildman–Crippen MR) is 81.0 cm³/mol. The van der Waals surface area contributed by atoms with E-state index in [0.717, 1.165) is 24.3 Å². The minimum atomic E-state index is -0.472. The highest BCUT2D eigenvalue weighted by molar-refractivity contribution is 6.33. The molecule has 0 amide bonds. The van der Waals surface area contributed by atoms with Crippen molar-refractivity contribution in [1.82, 2.24) is 4.90 Å². The molecule has 1 heterocycles. The summed E-state index contributed by atoms with van der Waals surface area (Å²) in [5, 5.41) is 10.3. The minimum Gasteiger partial charge on any atom is -0.389 e. The van der Waals surface area contributed by atoms with Gasteiger partial charge in [0.2, 0.25) is 0 Å². The van der Waals surface area contributed by atoms with Crippen LogP contribution in [0.1, 0.15) is 25.0 Å². The van der Waals surface area contributed by atoms with Gasteiger partial charge in [-0.2, -0.15) is 0 Å². The van der Waals surface area contributed by atoms with E-state index in [9.17, 15) is 5.11 Å². The van der Waals surface area contributed by atoms with E-state index in [1.807, 2.05) is 18.2 Å². The zero-order valence-corrected chi connectivity index (χ0v) is 12.7. The van der Waals surface area contributed by atoms with Gasteiger partial charge < -0.3 is 14.9 Å². The maximum absolute atomic E-state index is 9.56. The van der Waals surface area contributed by atoms with Crippen molar-refractivity contribution in [3.8, 4) is 0 Å². The van der Waals surface area contributed by atoms with E-state index in [-0.39, 0.29) is 0 Å². The number of benzene rings is 1. The molecule has 106 valence electrons. The predicted octanol–water partition coefficient (Wildman–Crippen LogP) is 2.78. The Labute approximate surface area is 120 Å². The third-order valence-electron chi connectivity index (χ3n) is 3.89. The van der Waals surface area contributed by atoms with Crippen LogP contribution in [-0.4, -0.2) is 43.7 Å². The minimum absolute atomic E-state index is 0.472. The molecule has 1 fully saturated rings. The van der Waals surface area contributed by atoms with Gasteiger partial charge in [0.1, 0.15) is 0 Å². The second kappa shape index (κ2) is 6.12. The molecule has 0 saturated carbocycles. The number of hydrogen-bond donors (Lipinski definition) is 1. The number of halogens is 1. The Balaban J connectivity index is 2.04. The van der Waals surface area contributed by atoms with Crippen LogP contribution in [0, 0.1) is 5.92 Å². The molecule has 0 spiro atoms. The first-order valence-corrected chi connectivity index (χ1v) is 7.22. The Morgan fingerprint density at radius 1 is 1.53 bits per heavy atom. The summed E-state index contributed by atoms with van der Waals surface area (Å²) < 4.78 is 0. The van der Waals surface area contributed by atoms with Gasteiger partial charge in [0.15, 0.2) is 0 Å². The van der Waals surface area contributed by atoms with Crippen LogP contribution in [0.3, 0.4) is 0 Å². The molecule has 3 nitrogen and oxygen atoms in total. The molecule has 2 rings (SSSR count). The molecule has 1 N–H and O–H groups in total. The number of anilines is 1. The lowest BCUT2D eigenvalue weighted by Gasteiger charge is -2.24. The van der Waals surface area contributed by atoms with Crippen LogP contribution in [0.25, 0.3) is 0 Å². The molecular formula is C15H23ClN2O. The summed E-state index contributed by atoms with van der Waals surface area (Å²) in [6.45, 7) is 5.13. The van der Waals surface area contributed by atoms with Gasteiger partial charge in [-0.15, -0.1) is 0 Å². The normalized spacial score (nSPS) is 21.6. The maximum Gasteiger partial charge on any atom is 0.0762 e. The Morgan fingerprint density at radius 2 is 2.26 bits per heavy atom. The highest BCUT2D eigenvalue weighted by atomic mass is 35.5. The second-order valence-electron chi connectivity index (χ2n) is 5.68. The number of aliphatic hydroxyl groups is 1. The summed E-state index contributed by atoms with van der Waals surface area (Å²) in [4.78, 5) is 4.59. The average molecular weight is 283 g/mol. The van der Waals surface area contributed by atoms with Gasteiger partial charge in [0, 0.05) is 20.1 Å². The summed E-state index contributed by atoms with van der Waals surface area (Å²) in [6, 6.07) is 5.81. The first kappa shape index (κ1) is 14.6. The molecule has 0 aliphatic carbocycles. The van der Waals surface area contributed by atoms with E-state index in [2.05, 4.69) is 23.9 Å². The fourth-order valence-corrected chi connectivity index (χ4v) is 3.09. The molecule has 0 radical (unpaired) electrons. The molecule has 1 aliphatic heterocycles. The number of aliphatic hydroxyl groups excluding tert-OH is 1. The molecular weight excluding hydrogens is 260 g/mol. The second-order valence-corrected chi connectivity index (χ2v) is 6.09.